The van der Waals surface area contributed by atoms with Crippen LogP contribution in [0.1, 0.15) is 15.9 Å². The molecule has 1 N–H and O–H groups in total. The zero-order valence-corrected chi connectivity index (χ0v) is 11.8. The van der Waals surface area contributed by atoms with Gasteiger partial charge in [-0.1, -0.05) is 24.8 Å². The summed E-state index contributed by atoms with van der Waals surface area (Å²) in [5.41, 5.74) is 1.67. The van der Waals surface area contributed by atoms with Gasteiger partial charge < -0.3 is 5.32 Å². The van der Waals surface area contributed by atoms with Crippen molar-refractivity contribution in [1.29, 1.82) is 0 Å². The number of halogens is 1. The van der Waals surface area contributed by atoms with Crippen LogP contribution in [0.25, 0.3) is 6.08 Å². The molecule has 2 rings (SSSR count). The third-order valence-electron chi connectivity index (χ3n) is 2.90. The number of allylic oxidation sites excluding steroid dienone is 1. The van der Waals surface area contributed by atoms with Crippen LogP contribution in [0.4, 0.5) is 10.1 Å². The highest BCUT2D eigenvalue weighted by Crippen LogP contribution is 2.12. The topological polar surface area (TPSA) is 46.2 Å². The van der Waals surface area contributed by atoms with Crippen molar-refractivity contribution in [2.24, 2.45) is 0 Å². The number of rotatable bonds is 5. The average Bonchev–Trinajstić information content (AvgIpc) is 2.53. The lowest BCUT2D eigenvalue weighted by atomic mass is 10.1. The molecule has 3 nitrogen and oxygen atoms in total. The maximum absolute atomic E-state index is 13.0. The van der Waals surface area contributed by atoms with Gasteiger partial charge in [-0.25, -0.2) is 4.39 Å². The Balaban J connectivity index is 2.06. The monoisotopic (exact) mass is 295 g/mol. The Bertz CT molecular complexity index is 733. The zero-order chi connectivity index (χ0) is 15.9. The summed E-state index contributed by atoms with van der Waals surface area (Å²) in [5.74, 6) is -0.868. The van der Waals surface area contributed by atoms with E-state index in [1.165, 1.54) is 24.3 Å². The number of nitrogens with one attached hydrogen (secondary N) is 1. The van der Waals surface area contributed by atoms with Gasteiger partial charge in [0.05, 0.1) is 0 Å². The van der Waals surface area contributed by atoms with Gasteiger partial charge in [-0.3, -0.25) is 9.59 Å². The van der Waals surface area contributed by atoms with Gasteiger partial charge in [0.25, 0.3) is 0 Å². The zero-order valence-electron chi connectivity index (χ0n) is 11.8. The fraction of sp³-hybridized carbons (Fsp3) is 0. The van der Waals surface area contributed by atoms with E-state index in [1.807, 2.05) is 0 Å². The minimum atomic E-state index is -0.350. The van der Waals surface area contributed by atoms with Crippen LogP contribution in [0.2, 0.25) is 0 Å². The molecule has 4 heteroatoms. The van der Waals surface area contributed by atoms with Gasteiger partial charge in [0.15, 0.2) is 5.78 Å². The van der Waals surface area contributed by atoms with Gasteiger partial charge in [-0.15, -0.1) is 0 Å². The summed E-state index contributed by atoms with van der Waals surface area (Å²) in [4.78, 5) is 23.2. The minimum absolute atomic E-state index is 0.203. The molecule has 0 aliphatic heterocycles. The Hall–Kier alpha value is -3.01. The van der Waals surface area contributed by atoms with Crippen molar-refractivity contribution in [3.8, 4) is 0 Å². The molecule has 0 radical (unpaired) electrons. The smallest absolute Gasteiger partial charge is 0.247 e. The second-order valence-electron chi connectivity index (χ2n) is 4.52. The first kappa shape index (κ1) is 15.4. The SMILES string of the molecule is C=CC(=O)Nc1ccc(C(=O)C=Cc2cccc(F)c2)cc1. The van der Waals surface area contributed by atoms with Crippen molar-refractivity contribution in [2.45, 2.75) is 0 Å². The van der Waals surface area contributed by atoms with Gasteiger partial charge >= 0.3 is 0 Å². The molecule has 0 unspecified atom stereocenters. The van der Waals surface area contributed by atoms with Crippen LogP contribution >= 0.6 is 0 Å². The van der Waals surface area contributed by atoms with Crippen molar-refractivity contribution in [3.05, 3.63) is 84.2 Å². The first-order valence-electron chi connectivity index (χ1n) is 6.60. The molecule has 0 heterocycles. The van der Waals surface area contributed by atoms with E-state index < -0.39 is 0 Å². The Kier molecular flexibility index (Phi) is 4.98. The second-order valence-corrected chi connectivity index (χ2v) is 4.52. The van der Waals surface area contributed by atoms with E-state index in [0.717, 1.165) is 0 Å². The maximum Gasteiger partial charge on any atom is 0.247 e. The van der Waals surface area contributed by atoms with Gasteiger partial charge in [-0.2, -0.15) is 0 Å². The predicted octanol–water partition coefficient (Wildman–Crippen LogP) is 3.85. The molecule has 0 atom stereocenters. The van der Waals surface area contributed by atoms with Crippen LogP contribution in [-0.2, 0) is 4.79 Å². The third kappa shape index (κ3) is 4.24. The minimum Gasteiger partial charge on any atom is -0.323 e. The van der Waals surface area contributed by atoms with Crippen LogP contribution in [0, 0.1) is 5.82 Å². The molecule has 1 amide bonds. The normalized spacial score (nSPS) is 10.4. The van der Waals surface area contributed by atoms with Crippen molar-refractivity contribution in [3.63, 3.8) is 0 Å². The van der Waals surface area contributed by atoms with E-state index in [4.69, 9.17) is 0 Å². The van der Waals surface area contributed by atoms with Crippen LogP contribution in [0.5, 0.6) is 0 Å². The first-order valence-corrected chi connectivity index (χ1v) is 6.60. The third-order valence-corrected chi connectivity index (χ3v) is 2.90. The van der Waals surface area contributed by atoms with E-state index in [9.17, 15) is 14.0 Å². The van der Waals surface area contributed by atoms with Crippen molar-refractivity contribution < 1.29 is 14.0 Å². The Morgan fingerprint density at radius 2 is 1.82 bits per heavy atom. The molecule has 0 aliphatic rings. The summed E-state index contributed by atoms with van der Waals surface area (Å²) in [5, 5.41) is 2.59. The Labute approximate surface area is 127 Å². The number of ketones is 1. The summed E-state index contributed by atoms with van der Waals surface area (Å²) in [6.07, 6.45) is 4.10. The molecule has 2 aromatic rings. The number of hydrogen-bond acceptors (Lipinski definition) is 2. The lowest BCUT2D eigenvalue weighted by Gasteiger charge is -2.02. The average molecular weight is 295 g/mol. The van der Waals surface area contributed by atoms with Crippen LogP contribution in [-0.4, -0.2) is 11.7 Å². The highest BCUT2D eigenvalue weighted by molar-refractivity contribution is 6.07. The summed E-state index contributed by atoms with van der Waals surface area (Å²) in [7, 11) is 0. The summed E-state index contributed by atoms with van der Waals surface area (Å²) >= 11 is 0. The number of benzene rings is 2. The van der Waals surface area contributed by atoms with E-state index in [0.29, 0.717) is 16.8 Å². The van der Waals surface area contributed by atoms with Crippen molar-refractivity contribution >= 4 is 23.5 Å². The van der Waals surface area contributed by atoms with Gasteiger partial charge in [0.1, 0.15) is 5.82 Å². The Morgan fingerprint density at radius 1 is 1.09 bits per heavy atom. The number of hydrogen-bond donors (Lipinski definition) is 1. The molecule has 0 aliphatic carbocycles. The highest BCUT2D eigenvalue weighted by Gasteiger charge is 2.03. The fourth-order valence-corrected chi connectivity index (χ4v) is 1.79. The molecule has 0 aromatic heterocycles. The van der Waals surface area contributed by atoms with E-state index >= 15 is 0 Å². The molecular weight excluding hydrogens is 281 g/mol. The second kappa shape index (κ2) is 7.13. The molecule has 0 saturated carbocycles. The highest BCUT2D eigenvalue weighted by atomic mass is 19.1. The van der Waals surface area contributed by atoms with Crippen LogP contribution in [0.15, 0.2) is 67.3 Å². The Morgan fingerprint density at radius 3 is 2.45 bits per heavy atom. The number of amides is 1. The van der Waals surface area contributed by atoms with Crippen molar-refractivity contribution in [2.75, 3.05) is 5.32 Å². The molecule has 0 spiro atoms. The van der Waals surface area contributed by atoms with Gasteiger partial charge in [0, 0.05) is 11.3 Å². The first-order chi connectivity index (χ1) is 10.6. The number of anilines is 1. The summed E-state index contributed by atoms with van der Waals surface area (Å²) in [6, 6.07) is 12.5. The lowest BCUT2D eigenvalue weighted by Crippen LogP contribution is -2.07. The van der Waals surface area contributed by atoms with Crippen LogP contribution < -0.4 is 5.32 Å². The number of carbonyl (C=O) groups is 2. The molecule has 0 fully saturated rings. The molecular formula is C18H14FNO2. The van der Waals surface area contributed by atoms with E-state index in [-0.39, 0.29) is 17.5 Å². The van der Waals surface area contributed by atoms with Gasteiger partial charge in [0.2, 0.25) is 5.91 Å². The molecule has 22 heavy (non-hydrogen) atoms. The van der Waals surface area contributed by atoms with Crippen LogP contribution in [0.3, 0.4) is 0 Å². The number of carbonyl (C=O) groups excluding carboxylic acids is 2. The lowest BCUT2D eigenvalue weighted by molar-refractivity contribution is -0.111. The molecule has 110 valence electrons. The molecule has 0 bridgehead atoms. The van der Waals surface area contributed by atoms with E-state index in [1.54, 1.807) is 42.5 Å². The summed E-state index contributed by atoms with van der Waals surface area (Å²) in [6.45, 7) is 3.36. The van der Waals surface area contributed by atoms with E-state index in [2.05, 4.69) is 11.9 Å². The largest absolute Gasteiger partial charge is 0.323 e. The molecule has 0 saturated heterocycles. The van der Waals surface area contributed by atoms with Gasteiger partial charge in [-0.05, 0) is 54.1 Å². The standard InChI is InChI=1S/C18H14FNO2/c1-2-18(22)20-16-9-7-14(8-10-16)17(21)11-6-13-4-3-5-15(19)12-13/h2-12H,1H2,(H,20,22). The predicted molar refractivity (Wildman–Crippen MR) is 85.0 cm³/mol. The maximum atomic E-state index is 13.0. The fourth-order valence-electron chi connectivity index (χ4n) is 1.79. The molecule has 2 aromatic carbocycles. The van der Waals surface area contributed by atoms with Crippen molar-refractivity contribution in [1.82, 2.24) is 0 Å². The summed E-state index contributed by atoms with van der Waals surface area (Å²) < 4.78 is 13.0. The quantitative estimate of drug-likeness (QED) is 0.673.